The van der Waals surface area contributed by atoms with Gasteiger partial charge >= 0.3 is 6.18 Å². The van der Waals surface area contributed by atoms with Gasteiger partial charge in [-0.1, -0.05) is 18.2 Å². The molecule has 2 aromatic rings. The van der Waals surface area contributed by atoms with Gasteiger partial charge in [-0.2, -0.15) is 13.2 Å². The van der Waals surface area contributed by atoms with Crippen LogP contribution < -0.4 is 5.32 Å². The molecular formula is C20H21F3N2O2S. The maximum Gasteiger partial charge on any atom is 0.416 e. The number of hydrogen-bond acceptors (Lipinski definition) is 3. The Bertz CT molecular complexity index is 836. The van der Waals surface area contributed by atoms with E-state index in [0.717, 1.165) is 23.4 Å². The van der Waals surface area contributed by atoms with Crippen molar-refractivity contribution >= 4 is 23.2 Å². The van der Waals surface area contributed by atoms with E-state index in [0.29, 0.717) is 18.5 Å². The number of likely N-dealkylation sites (tertiary alicyclic amines) is 1. The molecule has 8 heteroatoms. The SMILES string of the molecule is C[C@@H](NC(=O)[C@H]1CCCN1C(=O)Cc1cccs1)c1cccc(C(F)(F)F)c1. The first-order valence-electron chi connectivity index (χ1n) is 9.05. The zero-order valence-corrected chi connectivity index (χ0v) is 16.1. The number of rotatable bonds is 5. The third kappa shape index (κ3) is 4.73. The van der Waals surface area contributed by atoms with E-state index in [4.69, 9.17) is 0 Å². The van der Waals surface area contributed by atoms with Crippen LogP contribution in [0.3, 0.4) is 0 Å². The first kappa shape index (κ1) is 20.4. The van der Waals surface area contributed by atoms with Gasteiger partial charge in [0.05, 0.1) is 18.0 Å². The van der Waals surface area contributed by atoms with Crippen LogP contribution in [0.2, 0.25) is 0 Å². The lowest BCUT2D eigenvalue weighted by atomic mass is 10.0. The van der Waals surface area contributed by atoms with Crippen molar-refractivity contribution in [2.75, 3.05) is 6.54 Å². The third-order valence-electron chi connectivity index (χ3n) is 4.85. The number of halogens is 3. The molecule has 0 aliphatic carbocycles. The lowest BCUT2D eigenvalue weighted by Crippen LogP contribution is -2.47. The Morgan fingerprint density at radius 1 is 1.29 bits per heavy atom. The van der Waals surface area contributed by atoms with Gasteiger partial charge in [-0.3, -0.25) is 9.59 Å². The van der Waals surface area contributed by atoms with E-state index < -0.39 is 23.8 Å². The zero-order valence-electron chi connectivity index (χ0n) is 15.3. The number of alkyl halides is 3. The minimum atomic E-state index is -4.43. The normalized spacial score (nSPS) is 18.1. The average Bonchev–Trinajstić information content (AvgIpc) is 3.32. The van der Waals surface area contributed by atoms with E-state index in [1.807, 2.05) is 17.5 Å². The summed E-state index contributed by atoms with van der Waals surface area (Å²) >= 11 is 1.49. The molecule has 2 atom stereocenters. The summed E-state index contributed by atoms with van der Waals surface area (Å²) in [5.41, 5.74) is -0.377. The van der Waals surface area contributed by atoms with Crippen LogP contribution in [0.25, 0.3) is 0 Å². The maximum atomic E-state index is 12.9. The van der Waals surface area contributed by atoms with Gasteiger partial charge in [0.25, 0.3) is 0 Å². The molecule has 1 aromatic heterocycles. The van der Waals surface area contributed by atoms with Crippen molar-refractivity contribution in [3.63, 3.8) is 0 Å². The van der Waals surface area contributed by atoms with Crippen molar-refractivity contribution in [1.29, 1.82) is 0 Å². The highest BCUT2D eigenvalue weighted by Gasteiger charge is 2.35. The van der Waals surface area contributed by atoms with Gasteiger partial charge in [-0.15, -0.1) is 11.3 Å². The molecule has 150 valence electrons. The molecule has 3 rings (SSSR count). The van der Waals surface area contributed by atoms with Crippen LogP contribution in [-0.2, 0) is 22.2 Å². The summed E-state index contributed by atoms with van der Waals surface area (Å²) in [5, 5.41) is 4.66. The second kappa shape index (κ2) is 8.34. The molecule has 0 unspecified atom stereocenters. The highest BCUT2D eigenvalue weighted by atomic mass is 32.1. The molecule has 0 bridgehead atoms. The van der Waals surface area contributed by atoms with Crippen molar-refractivity contribution in [3.05, 3.63) is 57.8 Å². The summed E-state index contributed by atoms with van der Waals surface area (Å²) in [6.07, 6.45) is -2.90. The fourth-order valence-electron chi connectivity index (χ4n) is 3.38. The number of benzene rings is 1. The first-order valence-corrected chi connectivity index (χ1v) is 9.93. The number of nitrogens with zero attached hydrogens (tertiary/aromatic N) is 1. The summed E-state index contributed by atoms with van der Waals surface area (Å²) in [4.78, 5) is 27.8. The number of hydrogen-bond donors (Lipinski definition) is 1. The maximum absolute atomic E-state index is 12.9. The monoisotopic (exact) mass is 410 g/mol. The quantitative estimate of drug-likeness (QED) is 0.804. The van der Waals surface area contributed by atoms with Crippen LogP contribution in [-0.4, -0.2) is 29.3 Å². The molecule has 28 heavy (non-hydrogen) atoms. The molecule has 1 aliphatic rings. The smallest absolute Gasteiger partial charge is 0.348 e. The van der Waals surface area contributed by atoms with Gasteiger partial charge in [0.2, 0.25) is 11.8 Å². The van der Waals surface area contributed by atoms with Crippen molar-refractivity contribution < 1.29 is 22.8 Å². The Balaban J connectivity index is 1.65. The van der Waals surface area contributed by atoms with Gasteiger partial charge in [-0.25, -0.2) is 0 Å². The largest absolute Gasteiger partial charge is 0.416 e. The summed E-state index contributed by atoms with van der Waals surface area (Å²) < 4.78 is 38.7. The van der Waals surface area contributed by atoms with E-state index in [1.54, 1.807) is 17.9 Å². The summed E-state index contributed by atoms with van der Waals surface area (Å²) in [6.45, 7) is 2.15. The van der Waals surface area contributed by atoms with Gasteiger partial charge in [0.15, 0.2) is 0 Å². The van der Waals surface area contributed by atoms with Crippen LogP contribution in [0.5, 0.6) is 0 Å². The first-order chi connectivity index (χ1) is 13.3. The minimum absolute atomic E-state index is 0.105. The summed E-state index contributed by atoms with van der Waals surface area (Å²) in [6, 6.07) is 7.49. The number of thiophene rings is 1. The molecule has 1 N–H and O–H groups in total. The van der Waals surface area contributed by atoms with Crippen molar-refractivity contribution in [3.8, 4) is 0 Å². The highest BCUT2D eigenvalue weighted by molar-refractivity contribution is 7.10. The number of carbonyl (C=O) groups is 2. The molecule has 1 fully saturated rings. The molecule has 0 spiro atoms. The Labute approximate surface area is 165 Å². The fourth-order valence-corrected chi connectivity index (χ4v) is 4.07. The van der Waals surface area contributed by atoms with E-state index in [1.165, 1.54) is 17.4 Å². The molecule has 4 nitrogen and oxygen atoms in total. The third-order valence-corrected chi connectivity index (χ3v) is 5.73. The van der Waals surface area contributed by atoms with E-state index in [9.17, 15) is 22.8 Å². The topological polar surface area (TPSA) is 49.4 Å². The molecule has 1 saturated heterocycles. The lowest BCUT2D eigenvalue weighted by molar-refractivity contribution is -0.138. The molecule has 1 aromatic carbocycles. The van der Waals surface area contributed by atoms with E-state index >= 15 is 0 Å². The standard InChI is InChI=1S/C20H21F3N2O2S/c1-13(14-5-2-6-15(11-14)20(21,22)23)24-19(27)17-8-3-9-25(17)18(26)12-16-7-4-10-28-16/h2,4-7,10-11,13,17H,3,8-9,12H2,1H3,(H,24,27)/t13-,17-/m1/s1. The summed E-state index contributed by atoms with van der Waals surface area (Å²) in [5.74, 6) is -0.436. The van der Waals surface area contributed by atoms with Crippen molar-refractivity contribution in [2.24, 2.45) is 0 Å². The van der Waals surface area contributed by atoms with Crippen LogP contribution >= 0.6 is 11.3 Å². The van der Waals surface area contributed by atoms with Crippen LogP contribution in [0, 0.1) is 0 Å². The predicted molar refractivity (Wildman–Crippen MR) is 101 cm³/mol. The van der Waals surface area contributed by atoms with Crippen molar-refractivity contribution in [2.45, 2.75) is 44.4 Å². The molecule has 2 heterocycles. The van der Waals surface area contributed by atoms with Crippen LogP contribution in [0.4, 0.5) is 13.2 Å². The van der Waals surface area contributed by atoms with Crippen molar-refractivity contribution in [1.82, 2.24) is 10.2 Å². The Morgan fingerprint density at radius 3 is 2.75 bits per heavy atom. The van der Waals surface area contributed by atoms with Crippen LogP contribution in [0.1, 0.15) is 41.8 Å². The zero-order chi connectivity index (χ0) is 20.3. The number of carbonyl (C=O) groups excluding carboxylic acids is 2. The number of nitrogens with one attached hydrogen (secondary N) is 1. The van der Waals surface area contributed by atoms with Crippen LogP contribution in [0.15, 0.2) is 41.8 Å². The number of amides is 2. The van der Waals surface area contributed by atoms with Gasteiger partial charge < -0.3 is 10.2 Å². The van der Waals surface area contributed by atoms with Gasteiger partial charge in [-0.05, 0) is 48.9 Å². The fraction of sp³-hybridized carbons (Fsp3) is 0.400. The summed E-state index contributed by atoms with van der Waals surface area (Å²) in [7, 11) is 0. The minimum Gasteiger partial charge on any atom is -0.348 e. The molecular weight excluding hydrogens is 389 g/mol. The molecule has 2 amide bonds. The Kier molecular flexibility index (Phi) is 6.07. The lowest BCUT2D eigenvalue weighted by Gasteiger charge is -2.26. The Morgan fingerprint density at radius 2 is 2.07 bits per heavy atom. The second-order valence-corrected chi connectivity index (χ2v) is 7.89. The van der Waals surface area contributed by atoms with Gasteiger partial charge in [0, 0.05) is 11.4 Å². The highest BCUT2D eigenvalue weighted by Crippen LogP contribution is 2.31. The Hall–Kier alpha value is -2.35. The van der Waals surface area contributed by atoms with Gasteiger partial charge in [0.1, 0.15) is 6.04 Å². The van der Waals surface area contributed by atoms with E-state index in [2.05, 4.69) is 5.32 Å². The molecule has 0 radical (unpaired) electrons. The molecule has 1 aliphatic heterocycles. The molecule has 0 saturated carbocycles. The van der Waals surface area contributed by atoms with E-state index in [-0.39, 0.29) is 18.2 Å². The average molecular weight is 410 g/mol. The second-order valence-electron chi connectivity index (χ2n) is 6.85. The predicted octanol–water partition coefficient (Wildman–Crippen LogP) is 4.18.